The highest BCUT2D eigenvalue weighted by Crippen LogP contribution is 2.41. The highest BCUT2D eigenvalue weighted by atomic mass is 35.5. The molecule has 0 saturated carbocycles. The normalized spacial score (nSPS) is 14.0. The molecule has 0 bridgehead atoms. The van der Waals surface area contributed by atoms with Crippen molar-refractivity contribution in [2.45, 2.75) is 0 Å². The number of hydrogen-bond acceptors (Lipinski definition) is 7. The summed E-state index contributed by atoms with van der Waals surface area (Å²) in [5, 5.41) is 22.0. The Bertz CT molecular complexity index is 1220. The molecule has 0 unspecified atom stereocenters. The van der Waals surface area contributed by atoms with Crippen LogP contribution in [0.15, 0.2) is 66.7 Å². The number of aromatic hydroxyl groups is 2. The van der Waals surface area contributed by atoms with Crippen LogP contribution in [-0.4, -0.2) is 54.6 Å². The van der Waals surface area contributed by atoms with Crippen LogP contribution in [0.1, 0.15) is 0 Å². The average molecular weight is 500 g/mol. The van der Waals surface area contributed by atoms with E-state index in [-0.39, 0.29) is 35.4 Å². The summed E-state index contributed by atoms with van der Waals surface area (Å²) in [6, 6.07) is 20.5. The number of phenols is 2. The molecule has 1 saturated heterocycles. The van der Waals surface area contributed by atoms with Crippen LogP contribution < -0.4 is 9.47 Å². The van der Waals surface area contributed by atoms with Gasteiger partial charge in [0, 0.05) is 35.3 Å². The highest BCUT2D eigenvalue weighted by Gasteiger charge is 2.13. The van der Waals surface area contributed by atoms with Crippen molar-refractivity contribution >= 4 is 33.8 Å². The Morgan fingerprint density at radius 2 is 1.71 bits per heavy atom. The number of halogens is 1. The van der Waals surface area contributed by atoms with Crippen molar-refractivity contribution in [1.82, 2.24) is 4.90 Å². The van der Waals surface area contributed by atoms with Gasteiger partial charge in [0.2, 0.25) is 0 Å². The van der Waals surface area contributed by atoms with E-state index >= 15 is 0 Å². The van der Waals surface area contributed by atoms with Gasteiger partial charge in [0.25, 0.3) is 0 Å². The molecule has 0 aliphatic carbocycles. The fraction of sp³-hybridized carbons (Fsp3) is 0.231. The minimum absolute atomic E-state index is 0. The zero-order valence-corrected chi connectivity index (χ0v) is 20.1. The van der Waals surface area contributed by atoms with Gasteiger partial charge >= 0.3 is 0 Å². The van der Waals surface area contributed by atoms with Gasteiger partial charge in [-0.25, -0.2) is 0 Å². The summed E-state index contributed by atoms with van der Waals surface area (Å²) in [6.07, 6.45) is 0. The number of thiophene rings is 1. The third kappa shape index (κ3) is 5.56. The van der Waals surface area contributed by atoms with E-state index in [0.717, 1.165) is 43.3 Å². The molecule has 1 aromatic heterocycles. The summed E-state index contributed by atoms with van der Waals surface area (Å²) in [7, 11) is 0. The van der Waals surface area contributed by atoms with Crippen molar-refractivity contribution in [2.24, 2.45) is 0 Å². The van der Waals surface area contributed by atoms with E-state index in [9.17, 15) is 10.2 Å². The van der Waals surface area contributed by atoms with Gasteiger partial charge in [-0.1, -0.05) is 18.2 Å². The Kier molecular flexibility index (Phi) is 7.80. The number of morpholine rings is 1. The van der Waals surface area contributed by atoms with E-state index < -0.39 is 0 Å². The van der Waals surface area contributed by atoms with Crippen LogP contribution in [0.4, 0.5) is 0 Å². The lowest BCUT2D eigenvalue weighted by molar-refractivity contribution is 0.0322. The molecule has 6 nitrogen and oxygen atoms in total. The van der Waals surface area contributed by atoms with Gasteiger partial charge in [0.05, 0.1) is 13.2 Å². The third-order valence-corrected chi connectivity index (χ3v) is 6.77. The first-order chi connectivity index (χ1) is 16.2. The molecule has 2 N–H and O–H groups in total. The lowest BCUT2D eigenvalue weighted by Crippen LogP contribution is -2.38. The molecule has 1 aliphatic rings. The van der Waals surface area contributed by atoms with Crippen molar-refractivity contribution in [3.8, 4) is 39.2 Å². The van der Waals surface area contributed by atoms with Gasteiger partial charge in [-0.05, 0) is 53.4 Å². The lowest BCUT2D eigenvalue weighted by Gasteiger charge is -2.26. The summed E-state index contributed by atoms with van der Waals surface area (Å²) in [4.78, 5) is 3.36. The molecule has 1 aliphatic heterocycles. The number of rotatable bonds is 7. The van der Waals surface area contributed by atoms with E-state index in [2.05, 4.69) is 23.1 Å². The van der Waals surface area contributed by atoms with E-state index in [1.807, 2.05) is 18.2 Å². The number of benzene rings is 3. The Labute approximate surface area is 208 Å². The number of nitrogens with zero attached hydrogens (tertiary/aromatic N) is 1. The smallest absolute Gasteiger partial charge is 0.169 e. The first-order valence-electron chi connectivity index (χ1n) is 10.9. The van der Waals surface area contributed by atoms with Crippen LogP contribution in [0.3, 0.4) is 0 Å². The largest absolute Gasteiger partial charge is 0.504 e. The first kappa shape index (κ1) is 24.2. The fourth-order valence-electron chi connectivity index (χ4n) is 3.78. The van der Waals surface area contributed by atoms with Crippen LogP contribution >= 0.6 is 23.7 Å². The average Bonchev–Trinajstić information content (AvgIpc) is 3.27. The minimum Gasteiger partial charge on any atom is -0.504 e. The van der Waals surface area contributed by atoms with Gasteiger partial charge < -0.3 is 24.4 Å². The standard InChI is InChI=1S/C26H25NO5S.ClH/c28-21-7-5-19(26-16-18-3-1-2-4-25(18)33-26)15-24(21)32-23-8-6-20(17-22(23)29)31-14-11-27-9-12-30-13-10-27;/h1-8,15-17,28-29H,9-14H2;1H. The van der Waals surface area contributed by atoms with Gasteiger partial charge in [-0.3, -0.25) is 4.90 Å². The topological polar surface area (TPSA) is 71.4 Å². The van der Waals surface area contributed by atoms with Crippen LogP contribution in [0, 0.1) is 0 Å². The number of phenolic OH excluding ortho intramolecular Hbond substituents is 2. The second kappa shape index (κ2) is 11.0. The first-order valence-corrected chi connectivity index (χ1v) is 11.7. The van der Waals surface area contributed by atoms with Crippen LogP contribution in [0.2, 0.25) is 0 Å². The third-order valence-electron chi connectivity index (χ3n) is 5.60. The molecule has 4 aromatic rings. The van der Waals surface area contributed by atoms with Crippen LogP contribution in [0.5, 0.6) is 28.7 Å². The zero-order valence-electron chi connectivity index (χ0n) is 18.5. The molecule has 8 heteroatoms. The fourth-order valence-corrected chi connectivity index (χ4v) is 4.84. The predicted molar refractivity (Wildman–Crippen MR) is 137 cm³/mol. The molecule has 178 valence electrons. The van der Waals surface area contributed by atoms with E-state index in [1.165, 1.54) is 16.2 Å². The molecular formula is C26H26ClNO5S. The summed E-state index contributed by atoms with van der Waals surface area (Å²) < 4.78 is 18.2. The Morgan fingerprint density at radius 3 is 2.50 bits per heavy atom. The molecule has 0 radical (unpaired) electrons. The Morgan fingerprint density at radius 1 is 0.882 bits per heavy atom. The summed E-state index contributed by atoms with van der Waals surface area (Å²) in [6.45, 7) is 4.66. The zero-order chi connectivity index (χ0) is 22.6. The second-order valence-electron chi connectivity index (χ2n) is 7.87. The minimum atomic E-state index is -0.0504. The molecule has 0 spiro atoms. The Hall–Kier alpha value is -2.97. The van der Waals surface area contributed by atoms with Crippen LogP contribution in [-0.2, 0) is 4.74 Å². The van der Waals surface area contributed by atoms with Gasteiger partial charge in [0.1, 0.15) is 12.4 Å². The van der Waals surface area contributed by atoms with Crippen molar-refractivity contribution in [1.29, 1.82) is 0 Å². The van der Waals surface area contributed by atoms with Gasteiger partial charge in [-0.2, -0.15) is 0 Å². The summed E-state index contributed by atoms with van der Waals surface area (Å²) >= 11 is 1.68. The van der Waals surface area contributed by atoms with E-state index in [0.29, 0.717) is 12.4 Å². The lowest BCUT2D eigenvalue weighted by atomic mass is 10.1. The van der Waals surface area contributed by atoms with Crippen molar-refractivity contribution in [2.75, 3.05) is 39.5 Å². The monoisotopic (exact) mass is 499 g/mol. The number of ether oxygens (including phenoxy) is 3. The Balaban J connectivity index is 0.00000274. The molecule has 0 amide bonds. The van der Waals surface area contributed by atoms with Crippen LogP contribution in [0.25, 0.3) is 20.5 Å². The van der Waals surface area contributed by atoms with Crippen molar-refractivity contribution in [3.05, 3.63) is 66.7 Å². The van der Waals surface area contributed by atoms with Gasteiger partial charge in [-0.15, -0.1) is 23.7 Å². The van der Waals surface area contributed by atoms with Gasteiger partial charge in [0.15, 0.2) is 23.0 Å². The molecule has 0 atom stereocenters. The maximum atomic E-state index is 10.5. The van der Waals surface area contributed by atoms with E-state index in [1.54, 1.807) is 35.6 Å². The molecule has 1 fully saturated rings. The van der Waals surface area contributed by atoms with Crippen molar-refractivity contribution < 1.29 is 24.4 Å². The molecule has 3 aromatic carbocycles. The molecular weight excluding hydrogens is 474 g/mol. The summed E-state index contributed by atoms with van der Waals surface area (Å²) in [5.74, 6) is 1.05. The molecule has 5 rings (SSSR count). The SMILES string of the molecule is Cl.Oc1cc(OCCN2CCOCC2)ccc1Oc1cc(-c2cc3ccccc3s2)ccc1O. The molecule has 2 heterocycles. The van der Waals surface area contributed by atoms with Crippen molar-refractivity contribution in [3.63, 3.8) is 0 Å². The highest BCUT2D eigenvalue weighted by molar-refractivity contribution is 7.22. The molecule has 34 heavy (non-hydrogen) atoms. The second-order valence-corrected chi connectivity index (χ2v) is 8.95. The predicted octanol–water partition coefficient (Wildman–Crippen LogP) is 5.90. The maximum absolute atomic E-state index is 10.5. The number of hydrogen-bond donors (Lipinski definition) is 2. The number of fused-ring (bicyclic) bond motifs is 1. The quantitative estimate of drug-likeness (QED) is 0.329. The maximum Gasteiger partial charge on any atom is 0.169 e. The summed E-state index contributed by atoms with van der Waals surface area (Å²) in [5.41, 5.74) is 0.937. The van der Waals surface area contributed by atoms with E-state index in [4.69, 9.17) is 14.2 Å².